The minimum atomic E-state index is -0.250. The van der Waals surface area contributed by atoms with Crippen molar-refractivity contribution in [1.29, 1.82) is 0 Å². The second kappa shape index (κ2) is 133. The Hall–Kier alpha value is 0.416. The summed E-state index contributed by atoms with van der Waals surface area (Å²) in [6.45, 7) is 0. The van der Waals surface area contributed by atoms with Gasteiger partial charge >= 0.3 is 148 Å². The Balaban J connectivity index is -0.0000000143. The van der Waals surface area contributed by atoms with Crippen molar-refractivity contribution >= 4 is 59.8 Å². The molecule has 0 aliphatic rings. The Morgan fingerprint density at radius 3 is 0.471 bits per heavy atom. The Kier molecular flexibility index (Phi) is 338. The summed E-state index contributed by atoms with van der Waals surface area (Å²) in [7, 11) is -1.25. The molecule has 0 heterocycles. The van der Waals surface area contributed by atoms with Crippen molar-refractivity contribution in [3.05, 3.63) is 0 Å². The zero-order valence-electron chi connectivity index (χ0n) is 8.22. The molecule has 85 valence electrons. The van der Waals surface area contributed by atoms with Crippen LogP contribution in [0.2, 0.25) is 0 Å². The molecule has 0 saturated heterocycles. The maximum Gasteiger partial charge on any atom is 3.00 e. The zero-order valence-corrected chi connectivity index (χ0v) is 11.9. The second-order valence-electron chi connectivity index (χ2n) is 0.527. The van der Waals surface area contributed by atoms with E-state index in [1.54, 1.807) is 0 Å². The van der Waals surface area contributed by atoms with Crippen LogP contribution in [0.1, 0.15) is 0 Å². The largest absolute Gasteiger partial charge is 3.00 e. The number of hydrogen-bond acceptors (Lipinski definition) is 5. The monoisotopic (exact) mass is 402 g/mol. The average molecular weight is 401 g/mol. The Morgan fingerprint density at radius 1 is 0.471 bits per heavy atom. The summed E-state index contributed by atoms with van der Waals surface area (Å²) in [6.07, 6.45) is 0. The molecule has 0 aliphatic carbocycles. The number of hydrogen-bond donors (Lipinski definition) is 5. The Labute approximate surface area is 147 Å². The van der Waals surface area contributed by atoms with Crippen LogP contribution in [-0.4, -0.2) is 84.9 Å². The van der Waals surface area contributed by atoms with Crippen molar-refractivity contribution in [2.45, 2.75) is 0 Å². The SMILES string of the molecule is O=BO.O=BO.O=BO.O=BO.O=BO.[Gd+3].[Mg+2]. The fraction of sp³-hybridized carbons (Fsp3) is 0. The van der Waals surface area contributed by atoms with E-state index in [9.17, 15) is 0 Å². The summed E-state index contributed by atoms with van der Waals surface area (Å²) in [5.41, 5.74) is 0. The van der Waals surface area contributed by atoms with Crippen LogP contribution in [-0.2, 0) is 23.5 Å². The fourth-order valence-electron chi connectivity index (χ4n) is 0. The quantitative estimate of drug-likeness (QED) is 0.245. The second-order valence-corrected chi connectivity index (χ2v) is 0.527. The maximum absolute atomic E-state index is 8.36. The maximum atomic E-state index is 8.36. The van der Waals surface area contributed by atoms with Gasteiger partial charge in [0, 0.05) is 0 Å². The van der Waals surface area contributed by atoms with Crippen molar-refractivity contribution in [3.8, 4) is 0 Å². The molecule has 0 amide bonds. The molecule has 0 aromatic carbocycles. The van der Waals surface area contributed by atoms with Gasteiger partial charge in [0.1, 0.15) is 0 Å². The molecule has 1 radical (unpaired) electrons. The third-order valence-corrected chi connectivity index (χ3v) is 0. The molecule has 17 heteroatoms. The van der Waals surface area contributed by atoms with E-state index >= 15 is 0 Å². The van der Waals surface area contributed by atoms with E-state index in [0.717, 1.165) is 0 Å². The van der Waals surface area contributed by atoms with Crippen LogP contribution in [0.15, 0.2) is 0 Å². The normalized spacial score (nSPS) is 2.35. The van der Waals surface area contributed by atoms with Crippen molar-refractivity contribution in [1.82, 2.24) is 0 Å². The average Bonchev–Trinajstić information content (AvgIpc) is 2.09. The molecule has 10 nitrogen and oxygen atoms in total. The van der Waals surface area contributed by atoms with E-state index in [0.29, 0.717) is 0 Å². The van der Waals surface area contributed by atoms with E-state index in [-0.39, 0.29) is 99.8 Å². The van der Waals surface area contributed by atoms with Crippen LogP contribution in [0.4, 0.5) is 0 Å². The summed E-state index contributed by atoms with van der Waals surface area (Å²) in [6, 6.07) is 0. The summed E-state index contributed by atoms with van der Waals surface area (Å²) >= 11 is 0. The van der Waals surface area contributed by atoms with Gasteiger partial charge in [-0.2, -0.15) is 0 Å². The molecule has 0 bridgehead atoms. The molecule has 0 rings (SSSR count). The molecule has 0 saturated carbocycles. The van der Waals surface area contributed by atoms with Gasteiger partial charge in [-0.15, -0.1) is 0 Å². The molecule has 0 unspecified atom stereocenters. The molecule has 0 aromatic rings. The zero-order chi connectivity index (χ0) is 13.5. The van der Waals surface area contributed by atoms with Crippen LogP contribution in [0.25, 0.3) is 0 Å². The Bertz CT molecular complexity index is 97.0. The molecule has 0 spiro atoms. The number of rotatable bonds is 0. The van der Waals surface area contributed by atoms with E-state index in [1.807, 2.05) is 0 Å². The molecule has 0 aromatic heterocycles. The summed E-state index contributed by atoms with van der Waals surface area (Å²) in [5, 5.41) is 34.4. The Morgan fingerprint density at radius 2 is 0.471 bits per heavy atom. The molecule has 5 N–H and O–H groups in total. The minimum Gasteiger partial charge on any atom is 2.00 e. The smallest absolute Gasteiger partial charge is 2.00 e. The molecular weight excluding hydrogens is 396 g/mol. The summed E-state index contributed by atoms with van der Waals surface area (Å²) < 4.78 is 41.8. The minimum absolute atomic E-state index is 0. The molecule has 17 heavy (non-hydrogen) atoms. The summed E-state index contributed by atoms with van der Waals surface area (Å²) in [4.78, 5) is 0. The first kappa shape index (κ1) is 43.3. The van der Waals surface area contributed by atoms with Crippen molar-refractivity contribution < 1.29 is 88.6 Å². The van der Waals surface area contributed by atoms with Crippen LogP contribution in [0, 0.1) is 39.9 Å². The van der Waals surface area contributed by atoms with Gasteiger partial charge in [0.2, 0.25) is 0 Å². The van der Waals surface area contributed by atoms with Crippen molar-refractivity contribution in [3.63, 3.8) is 0 Å². The van der Waals surface area contributed by atoms with Crippen molar-refractivity contribution in [2.75, 3.05) is 0 Å². The van der Waals surface area contributed by atoms with Crippen LogP contribution in [0.3, 0.4) is 0 Å². The molecule has 0 atom stereocenters. The van der Waals surface area contributed by atoms with Gasteiger partial charge in [0.15, 0.2) is 0 Å². The first-order valence-corrected chi connectivity index (χ1v) is 2.47. The fourth-order valence-corrected chi connectivity index (χ4v) is 0. The predicted molar refractivity (Wildman–Crippen MR) is 49.1 cm³/mol. The first-order chi connectivity index (χ1) is 7.07. The van der Waals surface area contributed by atoms with Gasteiger partial charge in [-0.1, -0.05) is 0 Å². The van der Waals surface area contributed by atoms with Crippen molar-refractivity contribution in [2.24, 2.45) is 0 Å². The molecular formula is H5B5GdMgO10+5. The molecule has 0 fully saturated rings. The van der Waals surface area contributed by atoms with Gasteiger partial charge in [0.05, 0.1) is 0 Å². The topological polar surface area (TPSA) is 186 Å². The third kappa shape index (κ3) is 19800. The van der Waals surface area contributed by atoms with E-state index in [4.69, 9.17) is 48.6 Å². The van der Waals surface area contributed by atoms with Crippen LogP contribution >= 0.6 is 0 Å². The van der Waals surface area contributed by atoms with Gasteiger partial charge in [-0.25, -0.2) is 0 Å². The van der Waals surface area contributed by atoms with Gasteiger partial charge in [-0.3, -0.25) is 0 Å². The van der Waals surface area contributed by atoms with Crippen LogP contribution in [0.5, 0.6) is 0 Å². The van der Waals surface area contributed by atoms with E-state index in [1.165, 1.54) is 0 Å². The molecule has 0 aliphatic heterocycles. The summed E-state index contributed by atoms with van der Waals surface area (Å²) in [5.74, 6) is 0. The third-order valence-electron chi connectivity index (χ3n) is 0. The van der Waals surface area contributed by atoms with Gasteiger partial charge in [-0.05, 0) is 0 Å². The van der Waals surface area contributed by atoms with Crippen LogP contribution < -0.4 is 0 Å². The first-order valence-electron chi connectivity index (χ1n) is 2.47. The standard InChI is InChI=1S/5BHO2.Gd.Mg/c5*2-1-3;;/h5*2H;;/q;;;;;+3;+2. The van der Waals surface area contributed by atoms with Gasteiger partial charge in [0.25, 0.3) is 0 Å². The van der Waals surface area contributed by atoms with E-state index < -0.39 is 0 Å². The van der Waals surface area contributed by atoms with E-state index in [2.05, 4.69) is 0 Å². The van der Waals surface area contributed by atoms with Gasteiger partial charge < -0.3 is 0 Å². The predicted octanol–water partition coefficient (Wildman–Crippen LogP) is -5.66.